The van der Waals surface area contributed by atoms with E-state index in [1.807, 2.05) is 12.1 Å². The predicted octanol–water partition coefficient (Wildman–Crippen LogP) is 1.42. The molecular weight excluding hydrogens is 244 g/mol. The van der Waals surface area contributed by atoms with Crippen LogP contribution in [0, 0.1) is 0 Å². The molecule has 3 N–H and O–H groups in total. The van der Waals surface area contributed by atoms with Crippen LogP contribution in [0.5, 0.6) is 0 Å². The smallest absolute Gasteiger partial charge is 0.221 e. The lowest BCUT2D eigenvalue weighted by atomic mass is 10.2. The molecule has 1 aromatic carbocycles. The summed E-state index contributed by atoms with van der Waals surface area (Å²) in [4.78, 5) is 22.3. The van der Waals surface area contributed by atoms with Gasteiger partial charge in [0.1, 0.15) is 0 Å². The highest BCUT2D eigenvalue weighted by molar-refractivity contribution is 5.88. The zero-order valence-corrected chi connectivity index (χ0v) is 11.3. The molecule has 0 radical (unpaired) electrons. The molecule has 0 fully saturated rings. The quantitative estimate of drug-likeness (QED) is 0.727. The summed E-state index contributed by atoms with van der Waals surface area (Å²) in [6.45, 7) is 3.56. The summed E-state index contributed by atoms with van der Waals surface area (Å²) in [6.07, 6.45) is 0.331. The summed E-state index contributed by atoms with van der Waals surface area (Å²) in [5.41, 5.74) is 1.69. The molecule has 0 aliphatic carbocycles. The van der Waals surface area contributed by atoms with Crippen molar-refractivity contribution in [3.05, 3.63) is 29.8 Å². The van der Waals surface area contributed by atoms with Gasteiger partial charge >= 0.3 is 0 Å². The lowest BCUT2D eigenvalue weighted by Gasteiger charge is -2.07. The van der Waals surface area contributed by atoms with E-state index in [-0.39, 0.29) is 11.8 Å². The normalized spacial score (nSPS) is 11.7. The first-order chi connectivity index (χ1) is 8.97. The van der Waals surface area contributed by atoms with Crippen molar-refractivity contribution < 1.29 is 14.7 Å². The van der Waals surface area contributed by atoms with E-state index in [1.54, 1.807) is 19.1 Å². The van der Waals surface area contributed by atoms with E-state index in [9.17, 15) is 9.59 Å². The Labute approximate surface area is 113 Å². The number of amides is 2. The first-order valence-electron chi connectivity index (χ1n) is 6.28. The summed E-state index contributed by atoms with van der Waals surface area (Å²) in [5, 5.41) is 14.5. The van der Waals surface area contributed by atoms with Gasteiger partial charge in [0.05, 0.1) is 6.10 Å². The van der Waals surface area contributed by atoms with Crippen LogP contribution in [0.2, 0.25) is 0 Å². The molecule has 104 valence electrons. The van der Waals surface area contributed by atoms with Gasteiger partial charge in [-0.25, -0.2) is 0 Å². The number of rotatable bonds is 6. The Hall–Kier alpha value is -1.88. The summed E-state index contributed by atoms with van der Waals surface area (Å²) >= 11 is 0. The summed E-state index contributed by atoms with van der Waals surface area (Å²) in [6, 6.07) is 7.28. The SMILES string of the molecule is CC(=O)Nc1ccc(CNC(=O)CCC(C)O)cc1. The molecule has 1 aromatic rings. The van der Waals surface area contributed by atoms with Crippen molar-refractivity contribution in [2.24, 2.45) is 0 Å². The Morgan fingerprint density at radius 2 is 1.89 bits per heavy atom. The predicted molar refractivity (Wildman–Crippen MR) is 73.5 cm³/mol. The van der Waals surface area contributed by atoms with E-state index in [0.29, 0.717) is 19.4 Å². The average molecular weight is 264 g/mol. The second kappa shape index (κ2) is 7.53. The first kappa shape index (κ1) is 15.2. The maximum Gasteiger partial charge on any atom is 0.221 e. The number of hydrogen-bond acceptors (Lipinski definition) is 3. The molecule has 0 bridgehead atoms. The zero-order valence-electron chi connectivity index (χ0n) is 11.3. The number of carbonyl (C=O) groups is 2. The van der Waals surface area contributed by atoms with E-state index >= 15 is 0 Å². The highest BCUT2D eigenvalue weighted by Crippen LogP contribution is 2.09. The van der Waals surface area contributed by atoms with Crippen LogP contribution in [-0.4, -0.2) is 23.0 Å². The van der Waals surface area contributed by atoms with Crippen molar-refractivity contribution in [1.82, 2.24) is 5.32 Å². The molecular formula is C14H20N2O3. The lowest BCUT2D eigenvalue weighted by molar-refractivity contribution is -0.121. The maximum absolute atomic E-state index is 11.5. The Morgan fingerprint density at radius 1 is 1.26 bits per heavy atom. The van der Waals surface area contributed by atoms with Gasteiger partial charge in [0.2, 0.25) is 11.8 Å². The van der Waals surface area contributed by atoms with Crippen LogP contribution in [0.4, 0.5) is 5.69 Å². The molecule has 2 amide bonds. The van der Waals surface area contributed by atoms with Gasteiger partial charge in [-0.05, 0) is 31.0 Å². The monoisotopic (exact) mass is 264 g/mol. The van der Waals surface area contributed by atoms with Gasteiger partial charge in [0.15, 0.2) is 0 Å². The molecule has 0 aliphatic rings. The van der Waals surface area contributed by atoms with Crippen molar-refractivity contribution in [2.45, 2.75) is 39.3 Å². The summed E-state index contributed by atoms with van der Waals surface area (Å²) in [5.74, 6) is -0.189. The number of benzene rings is 1. The standard InChI is InChI=1S/C14H20N2O3/c1-10(17)3-8-14(19)15-9-12-4-6-13(7-5-12)16-11(2)18/h4-7,10,17H,3,8-9H2,1-2H3,(H,15,19)(H,16,18). The average Bonchev–Trinajstić information content (AvgIpc) is 2.35. The topological polar surface area (TPSA) is 78.4 Å². The molecule has 0 aromatic heterocycles. The molecule has 1 atom stereocenters. The molecule has 1 rings (SSSR count). The third-order valence-electron chi connectivity index (χ3n) is 2.55. The van der Waals surface area contributed by atoms with Crippen LogP contribution in [0.1, 0.15) is 32.3 Å². The van der Waals surface area contributed by atoms with E-state index in [2.05, 4.69) is 10.6 Å². The second-order valence-electron chi connectivity index (χ2n) is 4.54. The molecule has 0 saturated carbocycles. The minimum atomic E-state index is -0.456. The fourth-order valence-electron chi connectivity index (χ4n) is 1.54. The van der Waals surface area contributed by atoms with Gasteiger partial charge in [0, 0.05) is 25.6 Å². The fraction of sp³-hybridized carbons (Fsp3) is 0.429. The van der Waals surface area contributed by atoms with Gasteiger partial charge in [-0.15, -0.1) is 0 Å². The summed E-state index contributed by atoms with van der Waals surface area (Å²) in [7, 11) is 0. The Kier molecular flexibility index (Phi) is 6.02. The third-order valence-corrected chi connectivity index (χ3v) is 2.55. The van der Waals surface area contributed by atoms with Crippen LogP contribution in [0.3, 0.4) is 0 Å². The largest absolute Gasteiger partial charge is 0.393 e. The van der Waals surface area contributed by atoms with Crippen molar-refractivity contribution in [1.29, 1.82) is 0 Å². The van der Waals surface area contributed by atoms with Crippen molar-refractivity contribution in [3.63, 3.8) is 0 Å². The number of hydrogen-bond donors (Lipinski definition) is 3. The molecule has 0 heterocycles. The van der Waals surface area contributed by atoms with Crippen LogP contribution in [0.25, 0.3) is 0 Å². The lowest BCUT2D eigenvalue weighted by Crippen LogP contribution is -2.23. The van der Waals surface area contributed by atoms with Crippen molar-refractivity contribution >= 4 is 17.5 Å². The number of anilines is 1. The van der Waals surface area contributed by atoms with Gasteiger partial charge in [-0.3, -0.25) is 9.59 Å². The van der Waals surface area contributed by atoms with Crippen LogP contribution >= 0.6 is 0 Å². The molecule has 1 unspecified atom stereocenters. The minimum Gasteiger partial charge on any atom is -0.393 e. The molecule has 0 saturated heterocycles. The fourth-order valence-corrected chi connectivity index (χ4v) is 1.54. The van der Waals surface area contributed by atoms with Gasteiger partial charge in [-0.2, -0.15) is 0 Å². The molecule has 0 aliphatic heterocycles. The molecule has 5 heteroatoms. The van der Waals surface area contributed by atoms with E-state index in [4.69, 9.17) is 5.11 Å². The van der Waals surface area contributed by atoms with Crippen molar-refractivity contribution in [2.75, 3.05) is 5.32 Å². The number of aliphatic hydroxyl groups is 1. The Bertz CT molecular complexity index is 427. The van der Waals surface area contributed by atoms with Crippen LogP contribution < -0.4 is 10.6 Å². The van der Waals surface area contributed by atoms with Crippen molar-refractivity contribution in [3.8, 4) is 0 Å². The van der Waals surface area contributed by atoms with E-state index in [1.165, 1.54) is 6.92 Å². The molecule has 19 heavy (non-hydrogen) atoms. The van der Waals surface area contributed by atoms with Gasteiger partial charge < -0.3 is 15.7 Å². The minimum absolute atomic E-state index is 0.0770. The highest BCUT2D eigenvalue weighted by Gasteiger charge is 2.04. The van der Waals surface area contributed by atoms with Gasteiger partial charge in [-0.1, -0.05) is 12.1 Å². The third kappa shape index (κ3) is 6.57. The Balaban J connectivity index is 2.37. The molecule has 5 nitrogen and oxygen atoms in total. The number of carbonyl (C=O) groups excluding carboxylic acids is 2. The molecule has 0 spiro atoms. The second-order valence-corrected chi connectivity index (χ2v) is 4.54. The Morgan fingerprint density at radius 3 is 2.42 bits per heavy atom. The van der Waals surface area contributed by atoms with E-state index in [0.717, 1.165) is 11.3 Å². The number of aliphatic hydroxyl groups excluding tert-OH is 1. The number of nitrogens with one attached hydrogen (secondary N) is 2. The van der Waals surface area contributed by atoms with Gasteiger partial charge in [0.25, 0.3) is 0 Å². The van der Waals surface area contributed by atoms with E-state index < -0.39 is 6.10 Å². The zero-order chi connectivity index (χ0) is 14.3. The summed E-state index contributed by atoms with van der Waals surface area (Å²) < 4.78 is 0. The van der Waals surface area contributed by atoms with Crippen LogP contribution in [-0.2, 0) is 16.1 Å². The van der Waals surface area contributed by atoms with Crippen LogP contribution in [0.15, 0.2) is 24.3 Å². The first-order valence-corrected chi connectivity index (χ1v) is 6.28. The maximum atomic E-state index is 11.5. The highest BCUT2D eigenvalue weighted by atomic mass is 16.3.